The van der Waals surface area contributed by atoms with E-state index in [4.69, 9.17) is 11.5 Å². The number of nitro benzene ring substituents is 1. The van der Waals surface area contributed by atoms with Gasteiger partial charge in [-0.25, -0.2) is 8.42 Å². The van der Waals surface area contributed by atoms with Crippen LogP contribution in [0.3, 0.4) is 0 Å². The maximum atomic E-state index is 13.5. The summed E-state index contributed by atoms with van der Waals surface area (Å²) in [6.07, 6.45) is 5.03. The van der Waals surface area contributed by atoms with Gasteiger partial charge in [-0.15, -0.1) is 6.42 Å². The zero-order valence-electron chi connectivity index (χ0n) is 10.2. The minimum absolute atomic E-state index is 0.259. The Kier molecular flexibility index (Phi) is 5.15. The van der Waals surface area contributed by atoms with Gasteiger partial charge in [-0.05, 0) is 6.07 Å². The van der Waals surface area contributed by atoms with E-state index >= 15 is 0 Å². The molecule has 1 aromatic rings. The highest BCUT2D eigenvalue weighted by Crippen LogP contribution is 2.23. The van der Waals surface area contributed by atoms with E-state index < -0.39 is 38.0 Å². The summed E-state index contributed by atoms with van der Waals surface area (Å²) in [4.78, 5) is 9.04. The molecule has 1 N–H and O–H groups in total. The van der Waals surface area contributed by atoms with Crippen LogP contribution in [0.5, 0.6) is 0 Å². The minimum Gasteiger partial charge on any atom is -0.395 e. The lowest BCUT2D eigenvalue weighted by Crippen LogP contribution is -2.34. The quantitative estimate of drug-likeness (QED) is 0.464. The SMILES string of the molecule is C#CCN(CCO)S(=O)(=O)c1ccc([N+](=O)[O-])c(F)c1. The van der Waals surface area contributed by atoms with Gasteiger partial charge in [0, 0.05) is 18.7 Å². The molecule has 108 valence electrons. The molecule has 0 amide bonds. The van der Waals surface area contributed by atoms with Crippen molar-refractivity contribution in [3.05, 3.63) is 34.1 Å². The Labute approximate surface area is 114 Å². The molecule has 1 aromatic carbocycles. The molecule has 0 aliphatic heterocycles. The maximum Gasteiger partial charge on any atom is 0.304 e. The van der Waals surface area contributed by atoms with Crippen LogP contribution < -0.4 is 0 Å². The third-order valence-corrected chi connectivity index (χ3v) is 4.21. The highest BCUT2D eigenvalue weighted by molar-refractivity contribution is 7.89. The normalized spacial score (nSPS) is 11.3. The Bertz CT molecular complexity index is 653. The molecule has 0 fully saturated rings. The Morgan fingerprint density at radius 3 is 2.60 bits per heavy atom. The average Bonchev–Trinajstić information content (AvgIpc) is 2.37. The molecule has 0 atom stereocenters. The van der Waals surface area contributed by atoms with Crippen LogP contribution in [-0.4, -0.2) is 42.4 Å². The Morgan fingerprint density at radius 1 is 1.50 bits per heavy atom. The van der Waals surface area contributed by atoms with Gasteiger partial charge in [-0.2, -0.15) is 8.70 Å². The fourth-order valence-corrected chi connectivity index (χ4v) is 2.80. The van der Waals surface area contributed by atoms with Crippen LogP contribution in [0.4, 0.5) is 10.1 Å². The largest absolute Gasteiger partial charge is 0.395 e. The van der Waals surface area contributed by atoms with Gasteiger partial charge in [-0.3, -0.25) is 10.1 Å². The van der Waals surface area contributed by atoms with E-state index in [1.807, 2.05) is 0 Å². The van der Waals surface area contributed by atoms with Gasteiger partial charge in [0.15, 0.2) is 0 Å². The second-order valence-corrected chi connectivity index (χ2v) is 5.57. The van der Waals surface area contributed by atoms with Gasteiger partial charge in [0.25, 0.3) is 0 Å². The average molecular weight is 302 g/mol. The predicted octanol–water partition coefficient (Wildman–Crippen LogP) is 0.350. The van der Waals surface area contributed by atoms with E-state index in [0.717, 1.165) is 16.4 Å². The van der Waals surface area contributed by atoms with E-state index in [2.05, 4.69) is 5.92 Å². The van der Waals surface area contributed by atoms with Crippen LogP contribution in [-0.2, 0) is 10.0 Å². The summed E-state index contributed by atoms with van der Waals surface area (Å²) in [5.74, 6) is 0.843. The van der Waals surface area contributed by atoms with E-state index in [1.54, 1.807) is 0 Å². The third kappa shape index (κ3) is 3.30. The molecule has 9 heteroatoms. The van der Waals surface area contributed by atoms with E-state index in [1.165, 1.54) is 0 Å². The number of hydrogen-bond acceptors (Lipinski definition) is 5. The van der Waals surface area contributed by atoms with Gasteiger partial charge >= 0.3 is 5.69 Å². The van der Waals surface area contributed by atoms with Gasteiger partial charge in [0.1, 0.15) is 0 Å². The fraction of sp³-hybridized carbons (Fsp3) is 0.273. The lowest BCUT2D eigenvalue weighted by molar-refractivity contribution is -0.387. The van der Waals surface area contributed by atoms with Gasteiger partial charge in [0.05, 0.1) is 23.0 Å². The van der Waals surface area contributed by atoms with E-state index in [-0.39, 0.29) is 13.1 Å². The summed E-state index contributed by atoms with van der Waals surface area (Å²) in [5, 5.41) is 19.3. The second kappa shape index (κ2) is 6.42. The lowest BCUT2D eigenvalue weighted by atomic mass is 10.3. The minimum atomic E-state index is -4.12. The molecule has 0 saturated carbocycles. The smallest absolute Gasteiger partial charge is 0.304 e. The molecule has 0 aliphatic carbocycles. The van der Waals surface area contributed by atoms with Crippen LogP contribution in [0.2, 0.25) is 0 Å². The summed E-state index contributed by atoms with van der Waals surface area (Å²) in [5.41, 5.74) is -0.824. The van der Waals surface area contributed by atoms with Gasteiger partial charge < -0.3 is 5.11 Å². The summed E-state index contributed by atoms with van der Waals surface area (Å²) in [6, 6.07) is 2.22. The van der Waals surface area contributed by atoms with Gasteiger partial charge in [0.2, 0.25) is 15.8 Å². The number of nitrogens with zero attached hydrogens (tertiary/aromatic N) is 2. The fourth-order valence-electron chi connectivity index (χ4n) is 1.44. The van der Waals surface area contributed by atoms with Crippen LogP contribution in [0.15, 0.2) is 23.1 Å². The highest BCUT2D eigenvalue weighted by atomic mass is 32.2. The summed E-state index contributed by atoms with van der Waals surface area (Å²) >= 11 is 0. The number of benzene rings is 1. The van der Waals surface area contributed by atoms with Crippen LogP contribution >= 0.6 is 0 Å². The first kappa shape index (κ1) is 16.0. The number of nitro groups is 1. The summed E-state index contributed by atoms with van der Waals surface area (Å²) in [7, 11) is -4.12. The molecular formula is C11H11FN2O5S. The molecule has 20 heavy (non-hydrogen) atoms. The zero-order valence-corrected chi connectivity index (χ0v) is 11.0. The summed E-state index contributed by atoms with van der Waals surface area (Å²) in [6.45, 7) is -1.02. The lowest BCUT2D eigenvalue weighted by Gasteiger charge is -2.18. The van der Waals surface area contributed by atoms with Crippen molar-refractivity contribution in [1.29, 1.82) is 0 Å². The predicted molar refractivity (Wildman–Crippen MR) is 67.7 cm³/mol. The number of halogens is 1. The van der Waals surface area contributed by atoms with Crippen LogP contribution in [0, 0.1) is 28.3 Å². The molecule has 0 radical (unpaired) electrons. The molecule has 0 unspecified atom stereocenters. The van der Waals surface area contributed by atoms with Crippen molar-refractivity contribution in [2.75, 3.05) is 19.7 Å². The third-order valence-electron chi connectivity index (χ3n) is 2.37. The first-order valence-electron chi connectivity index (χ1n) is 5.33. The molecule has 0 aliphatic rings. The molecule has 7 nitrogen and oxygen atoms in total. The molecule has 0 spiro atoms. The van der Waals surface area contributed by atoms with Crippen LogP contribution in [0.25, 0.3) is 0 Å². The first-order chi connectivity index (χ1) is 9.34. The van der Waals surface area contributed by atoms with Crippen molar-refractivity contribution in [2.45, 2.75) is 4.90 Å². The Balaban J connectivity index is 3.25. The molecule has 1 rings (SSSR count). The summed E-state index contributed by atoms with van der Waals surface area (Å²) < 4.78 is 38.5. The highest BCUT2D eigenvalue weighted by Gasteiger charge is 2.26. The number of aliphatic hydroxyl groups is 1. The molecule has 0 saturated heterocycles. The van der Waals surface area contributed by atoms with Crippen molar-refractivity contribution < 1.29 is 22.8 Å². The second-order valence-electron chi connectivity index (χ2n) is 3.64. The van der Waals surface area contributed by atoms with Crippen molar-refractivity contribution in [2.24, 2.45) is 0 Å². The molecular weight excluding hydrogens is 291 g/mol. The number of aliphatic hydroxyl groups excluding tert-OH is 1. The standard InChI is InChI=1S/C11H11FN2O5S/c1-2-5-13(6-7-15)20(18,19)9-3-4-11(14(16)17)10(12)8-9/h1,3-4,8,15H,5-7H2. The monoisotopic (exact) mass is 302 g/mol. The van der Waals surface area contributed by atoms with Crippen molar-refractivity contribution in [3.63, 3.8) is 0 Å². The van der Waals surface area contributed by atoms with E-state index in [0.29, 0.717) is 6.07 Å². The van der Waals surface area contributed by atoms with Gasteiger partial charge in [-0.1, -0.05) is 5.92 Å². The molecule has 0 bridgehead atoms. The molecule has 0 aromatic heterocycles. The number of sulfonamides is 1. The zero-order chi connectivity index (χ0) is 15.3. The Hall–Kier alpha value is -2.02. The number of rotatable bonds is 6. The van der Waals surface area contributed by atoms with Crippen molar-refractivity contribution in [3.8, 4) is 12.3 Å². The number of terminal acetylenes is 1. The maximum absolute atomic E-state index is 13.5. The Morgan fingerprint density at radius 2 is 2.15 bits per heavy atom. The van der Waals surface area contributed by atoms with Crippen molar-refractivity contribution >= 4 is 15.7 Å². The topological polar surface area (TPSA) is 101 Å². The first-order valence-corrected chi connectivity index (χ1v) is 6.77. The molecule has 0 heterocycles. The number of hydrogen-bond donors (Lipinski definition) is 1. The van der Waals surface area contributed by atoms with Crippen LogP contribution in [0.1, 0.15) is 0 Å². The van der Waals surface area contributed by atoms with Crippen molar-refractivity contribution in [1.82, 2.24) is 4.31 Å². The van der Waals surface area contributed by atoms with E-state index in [9.17, 15) is 22.9 Å².